The van der Waals surface area contributed by atoms with Crippen LogP contribution < -0.4 is 16.1 Å². The Morgan fingerprint density at radius 1 is 1.10 bits per heavy atom. The van der Waals surface area contributed by atoms with E-state index in [0.29, 0.717) is 29.5 Å². The third kappa shape index (κ3) is 3.49. The number of rotatable bonds is 4. The number of para-hydroxylation sites is 1. The van der Waals surface area contributed by atoms with Crippen molar-refractivity contribution in [2.45, 2.75) is 50.5 Å². The number of amides is 1. The molecule has 6 rings (SSSR count). The lowest BCUT2D eigenvalue weighted by atomic mass is 9.68. The molecular formula is C31H27N3O6. The maximum absolute atomic E-state index is 15.0. The van der Waals surface area contributed by atoms with E-state index < -0.39 is 22.9 Å². The van der Waals surface area contributed by atoms with Gasteiger partial charge in [-0.3, -0.25) is 4.79 Å². The number of nitrogens with zero attached hydrogens (tertiary/aromatic N) is 2. The van der Waals surface area contributed by atoms with Gasteiger partial charge >= 0.3 is 11.6 Å². The Morgan fingerprint density at radius 3 is 2.50 bits per heavy atom. The van der Waals surface area contributed by atoms with E-state index >= 15 is 4.79 Å². The lowest BCUT2D eigenvalue weighted by Crippen LogP contribution is -2.51. The van der Waals surface area contributed by atoms with Crippen LogP contribution >= 0.6 is 0 Å². The van der Waals surface area contributed by atoms with Gasteiger partial charge in [-0.15, -0.1) is 0 Å². The molecule has 3 aliphatic rings. The van der Waals surface area contributed by atoms with Crippen LogP contribution in [0.1, 0.15) is 50.2 Å². The van der Waals surface area contributed by atoms with Crippen LogP contribution in [0.3, 0.4) is 0 Å². The highest BCUT2D eigenvalue weighted by Crippen LogP contribution is 2.56. The van der Waals surface area contributed by atoms with Crippen molar-refractivity contribution in [3.8, 4) is 11.8 Å². The number of fused-ring (bicyclic) bond motifs is 4. The minimum atomic E-state index is -2.22. The molecule has 3 heterocycles. The summed E-state index contributed by atoms with van der Waals surface area (Å²) in [6, 6.07) is 17.4. The summed E-state index contributed by atoms with van der Waals surface area (Å²) in [7, 11) is 0. The van der Waals surface area contributed by atoms with Gasteiger partial charge in [0.2, 0.25) is 11.8 Å². The Balaban J connectivity index is 1.80. The number of ether oxygens (including phenoxy) is 2. The third-order valence-corrected chi connectivity index (χ3v) is 7.94. The lowest BCUT2D eigenvalue weighted by Gasteiger charge is -2.37. The summed E-state index contributed by atoms with van der Waals surface area (Å²) in [6.45, 7) is 1.66. The van der Waals surface area contributed by atoms with E-state index in [2.05, 4.69) is 0 Å². The van der Waals surface area contributed by atoms with Crippen LogP contribution in [0.2, 0.25) is 0 Å². The van der Waals surface area contributed by atoms with Crippen LogP contribution in [0, 0.1) is 11.3 Å². The number of hydrogen-bond donors (Lipinski definition) is 1. The van der Waals surface area contributed by atoms with Gasteiger partial charge in [0.15, 0.2) is 11.2 Å². The molecule has 1 spiro atoms. The SMILES string of the molecule is CCOC(=O)C1=C(c2ccccc2)N(C2CCCCC2)C(=O)C12C(C#N)=C(N)Oc1c2c(=O)oc2ccccc12. The van der Waals surface area contributed by atoms with E-state index in [1.165, 1.54) is 0 Å². The zero-order valence-electron chi connectivity index (χ0n) is 21.9. The second-order valence-electron chi connectivity index (χ2n) is 10.1. The van der Waals surface area contributed by atoms with Crippen molar-refractivity contribution in [2.75, 3.05) is 6.61 Å². The van der Waals surface area contributed by atoms with Gasteiger partial charge in [-0.2, -0.15) is 5.26 Å². The summed E-state index contributed by atoms with van der Waals surface area (Å²) in [5.74, 6) is -1.82. The molecule has 2 N–H and O–H groups in total. The summed E-state index contributed by atoms with van der Waals surface area (Å²) in [5.41, 5.74) is 3.61. The van der Waals surface area contributed by atoms with Crippen molar-refractivity contribution in [1.29, 1.82) is 5.26 Å². The van der Waals surface area contributed by atoms with Crippen LogP contribution in [-0.4, -0.2) is 29.4 Å². The molecule has 1 fully saturated rings. The smallest absolute Gasteiger partial charge is 0.345 e. The average Bonchev–Trinajstić information content (AvgIpc) is 3.23. The largest absolute Gasteiger partial charge is 0.463 e. The molecule has 1 atom stereocenters. The fraction of sp³-hybridized carbons (Fsp3) is 0.290. The molecule has 40 heavy (non-hydrogen) atoms. The van der Waals surface area contributed by atoms with Crippen LogP contribution in [-0.2, 0) is 19.7 Å². The predicted octanol–water partition coefficient (Wildman–Crippen LogP) is 4.27. The van der Waals surface area contributed by atoms with Crippen molar-refractivity contribution in [1.82, 2.24) is 4.90 Å². The molecule has 0 saturated heterocycles. The molecule has 1 aromatic heterocycles. The summed E-state index contributed by atoms with van der Waals surface area (Å²) in [5, 5.41) is 10.9. The van der Waals surface area contributed by atoms with E-state index in [0.717, 1.165) is 19.3 Å². The van der Waals surface area contributed by atoms with Gasteiger partial charge in [0, 0.05) is 6.04 Å². The Kier molecular flexibility index (Phi) is 6.18. The molecule has 1 aliphatic carbocycles. The molecule has 1 amide bonds. The van der Waals surface area contributed by atoms with E-state index in [4.69, 9.17) is 19.6 Å². The normalized spacial score (nSPS) is 21.0. The summed E-state index contributed by atoms with van der Waals surface area (Å²) >= 11 is 0. The molecular weight excluding hydrogens is 510 g/mol. The van der Waals surface area contributed by atoms with Crippen LogP contribution in [0.4, 0.5) is 0 Å². The maximum Gasteiger partial charge on any atom is 0.345 e. The first-order valence-electron chi connectivity index (χ1n) is 13.4. The van der Waals surface area contributed by atoms with Crippen LogP contribution in [0.25, 0.3) is 16.7 Å². The number of carbonyl (C=O) groups excluding carboxylic acids is 2. The van der Waals surface area contributed by atoms with Gasteiger partial charge in [-0.25, -0.2) is 9.59 Å². The van der Waals surface area contributed by atoms with Gasteiger partial charge in [0.1, 0.15) is 22.8 Å². The minimum absolute atomic E-state index is 0.00880. The molecule has 2 aromatic carbocycles. The number of esters is 1. The van der Waals surface area contributed by atoms with Crippen molar-refractivity contribution in [3.63, 3.8) is 0 Å². The molecule has 0 radical (unpaired) electrons. The predicted molar refractivity (Wildman–Crippen MR) is 145 cm³/mol. The van der Waals surface area contributed by atoms with Crippen molar-refractivity contribution >= 4 is 28.5 Å². The zero-order valence-corrected chi connectivity index (χ0v) is 21.9. The molecule has 9 heteroatoms. The Morgan fingerprint density at radius 2 is 1.80 bits per heavy atom. The van der Waals surface area contributed by atoms with E-state index in [-0.39, 0.29) is 46.6 Å². The highest BCUT2D eigenvalue weighted by atomic mass is 16.5. The fourth-order valence-electron chi connectivity index (χ4n) is 6.33. The first-order chi connectivity index (χ1) is 19.4. The molecule has 0 bridgehead atoms. The van der Waals surface area contributed by atoms with E-state index in [1.807, 2.05) is 12.1 Å². The number of hydrogen-bond acceptors (Lipinski definition) is 8. The summed E-state index contributed by atoms with van der Waals surface area (Å²) in [6.07, 6.45) is 4.22. The second-order valence-corrected chi connectivity index (χ2v) is 10.1. The van der Waals surface area contributed by atoms with Gasteiger partial charge in [0.25, 0.3) is 0 Å². The Labute approximate surface area is 230 Å². The monoisotopic (exact) mass is 537 g/mol. The molecule has 9 nitrogen and oxygen atoms in total. The van der Waals surface area contributed by atoms with Gasteiger partial charge in [-0.1, -0.05) is 61.7 Å². The van der Waals surface area contributed by atoms with Gasteiger partial charge < -0.3 is 24.5 Å². The quantitative estimate of drug-likeness (QED) is 0.385. The molecule has 2 aliphatic heterocycles. The van der Waals surface area contributed by atoms with Gasteiger partial charge in [0.05, 0.1) is 23.3 Å². The number of benzene rings is 2. The highest BCUT2D eigenvalue weighted by Gasteiger charge is 2.65. The average molecular weight is 538 g/mol. The van der Waals surface area contributed by atoms with Crippen LogP contribution in [0.5, 0.6) is 5.75 Å². The summed E-state index contributed by atoms with van der Waals surface area (Å²) < 4.78 is 17.1. The Hall–Kier alpha value is -4.84. The van der Waals surface area contributed by atoms with E-state index in [9.17, 15) is 14.9 Å². The number of nitrogens with two attached hydrogens (primary N) is 1. The molecule has 1 unspecified atom stereocenters. The fourth-order valence-corrected chi connectivity index (χ4v) is 6.33. The summed E-state index contributed by atoms with van der Waals surface area (Å²) in [4.78, 5) is 44.5. The van der Waals surface area contributed by atoms with Crippen LogP contribution in [0.15, 0.2) is 80.8 Å². The number of carbonyl (C=O) groups is 2. The molecule has 3 aromatic rings. The topological polar surface area (TPSA) is 136 Å². The van der Waals surface area contributed by atoms with Crippen molar-refractivity contribution < 1.29 is 23.5 Å². The lowest BCUT2D eigenvalue weighted by molar-refractivity contribution is -0.141. The van der Waals surface area contributed by atoms with E-state index in [1.54, 1.807) is 60.4 Å². The molecule has 1 saturated carbocycles. The first kappa shape index (κ1) is 25.4. The highest BCUT2D eigenvalue weighted by molar-refractivity contribution is 6.19. The number of nitriles is 1. The van der Waals surface area contributed by atoms with Gasteiger partial charge in [-0.05, 0) is 37.5 Å². The first-order valence-corrected chi connectivity index (χ1v) is 13.4. The maximum atomic E-state index is 15.0. The minimum Gasteiger partial charge on any atom is -0.463 e. The Bertz CT molecular complexity index is 1710. The zero-order chi connectivity index (χ0) is 28.0. The van der Waals surface area contributed by atoms with Crippen molar-refractivity contribution in [3.05, 3.63) is 93.2 Å². The van der Waals surface area contributed by atoms with Crippen molar-refractivity contribution in [2.24, 2.45) is 5.73 Å². The molecule has 202 valence electrons. The second kappa shape index (κ2) is 9.72. The third-order valence-electron chi connectivity index (χ3n) is 7.94. The standard InChI is InChI=1S/C31H27N3O6/c1-2-38-28(35)23-25(18-11-5-3-6-12-18)34(19-13-7-4-8-14-19)30(37)31(23)21(17-32)27(33)40-26-20-15-9-10-16-22(20)39-29(36)24(26)31/h3,5-6,9-12,15-16,19H,2,4,7-8,13-14,33H2,1H3.